The Morgan fingerprint density at radius 1 is 0.865 bits per heavy atom. The number of rotatable bonds is 10. The van der Waals surface area contributed by atoms with Crippen LogP contribution in [0.3, 0.4) is 0 Å². The van der Waals surface area contributed by atoms with Gasteiger partial charge in [0.05, 0.1) is 39.7 Å². The van der Waals surface area contributed by atoms with E-state index in [2.05, 4.69) is 31.8 Å². The molecule has 2 N–H and O–H groups in total. The van der Waals surface area contributed by atoms with Gasteiger partial charge >= 0.3 is 5.97 Å². The number of hydrogen-bond acceptors (Lipinski definition) is 8. The summed E-state index contributed by atoms with van der Waals surface area (Å²) in [6.45, 7) is -0.308. The van der Waals surface area contributed by atoms with E-state index in [9.17, 15) is 14.4 Å². The van der Waals surface area contributed by atoms with E-state index in [4.69, 9.17) is 18.9 Å². The minimum absolute atomic E-state index is 0.228. The Balaban J connectivity index is 1.49. The topological polar surface area (TPSA) is 125 Å². The molecule has 2 amide bonds. The van der Waals surface area contributed by atoms with E-state index in [1.165, 1.54) is 39.7 Å². The van der Waals surface area contributed by atoms with Gasteiger partial charge < -0.3 is 24.3 Å². The molecule has 0 spiro atoms. The zero-order valence-corrected chi connectivity index (χ0v) is 21.8. The summed E-state index contributed by atoms with van der Waals surface area (Å²) < 4.78 is 21.9. The number of carbonyl (C=O) groups is 3. The highest BCUT2D eigenvalue weighted by atomic mass is 79.9. The van der Waals surface area contributed by atoms with E-state index in [0.717, 1.165) is 4.47 Å². The molecule has 192 valence electrons. The van der Waals surface area contributed by atoms with Gasteiger partial charge in [-0.3, -0.25) is 9.59 Å². The molecule has 0 saturated heterocycles. The molecule has 0 atom stereocenters. The van der Waals surface area contributed by atoms with Crippen LogP contribution < -0.4 is 29.7 Å². The maximum atomic E-state index is 12.5. The van der Waals surface area contributed by atoms with Crippen molar-refractivity contribution >= 4 is 39.9 Å². The van der Waals surface area contributed by atoms with E-state index in [1.807, 2.05) is 0 Å². The maximum Gasteiger partial charge on any atom is 0.343 e. The molecule has 10 nitrogen and oxygen atoms in total. The van der Waals surface area contributed by atoms with Gasteiger partial charge in [0.25, 0.3) is 11.8 Å². The Hall–Kier alpha value is -4.38. The standard InChI is InChI=1S/C26H24BrN3O7/c1-34-21-12-18(13-22(35-2)24(21)36-3)25(32)28-15-23(31)30-29-14-16-4-10-20(11-5-16)37-26(33)17-6-8-19(27)9-7-17/h4-14H,15H2,1-3H3,(H,28,32)(H,30,31). The molecule has 0 aliphatic rings. The van der Waals surface area contributed by atoms with Crippen LogP contribution in [0.1, 0.15) is 26.3 Å². The fourth-order valence-electron chi connectivity index (χ4n) is 3.07. The van der Waals surface area contributed by atoms with Crippen molar-refractivity contribution in [1.82, 2.24) is 10.7 Å². The van der Waals surface area contributed by atoms with Crippen molar-refractivity contribution in [3.05, 3.63) is 81.8 Å². The number of esters is 1. The van der Waals surface area contributed by atoms with Crippen molar-refractivity contribution in [2.75, 3.05) is 27.9 Å². The molecule has 0 saturated carbocycles. The highest BCUT2D eigenvalue weighted by Gasteiger charge is 2.17. The second-order valence-corrected chi connectivity index (χ2v) is 8.27. The Bertz CT molecular complexity index is 1270. The largest absolute Gasteiger partial charge is 0.493 e. The van der Waals surface area contributed by atoms with Gasteiger partial charge in [0, 0.05) is 10.0 Å². The quantitative estimate of drug-likeness (QED) is 0.165. The lowest BCUT2D eigenvalue weighted by Crippen LogP contribution is -2.34. The van der Waals surface area contributed by atoms with Gasteiger partial charge in [0.15, 0.2) is 11.5 Å². The number of halogens is 1. The molecule has 0 radical (unpaired) electrons. The third-order valence-electron chi connectivity index (χ3n) is 4.91. The monoisotopic (exact) mass is 569 g/mol. The summed E-state index contributed by atoms with van der Waals surface area (Å²) in [5.74, 6) is -0.170. The summed E-state index contributed by atoms with van der Waals surface area (Å²) >= 11 is 3.32. The molecule has 0 aliphatic heterocycles. The molecule has 0 fully saturated rings. The molecular weight excluding hydrogens is 546 g/mol. The van der Waals surface area contributed by atoms with Gasteiger partial charge in [0.2, 0.25) is 5.75 Å². The molecule has 3 aromatic carbocycles. The zero-order chi connectivity index (χ0) is 26.8. The van der Waals surface area contributed by atoms with Crippen molar-refractivity contribution in [2.24, 2.45) is 5.10 Å². The number of methoxy groups -OCH3 is 3. The predicted molar refractivity (Wildman–Crippen MR) is 140 cm³/mol. The first-order valence-electron chi connectivity index (χ1n) is 10.8. The summed E-state index contributed by atoms with van der Waals surface area (Å²) in [6, 6.07) is 16.3. The molecule has 3 rings (SSSR count). The van der Waals surface area contributed by atoms with Crippen molar-refractivity contribution < 1.29 is 33.3 Å². The van der Waals surface area contributed by atoms with Crippen LogP contribution >= 0.6 is 15.9 Å². The summed E-state index contributed by atoms with van der Waals surface area (Å²) in [7, 11) is 4.34. The Kier molecular flexibility index (Phi) is 9.61. The Labute approximate surface area is 221 Å². The number of benzene rings is 3. The smallest absolute Gasteiger partial charge is 0.343 e. The number of carbonyl (C=O) groups excluding carboxylic acids is 3. The molecule has 37 heavy (non-hydrogen) atoms. The number of nitrogens with zero attached hydrogens (tertiary/aromatic N) is 1. The Morgan fingerprint density at radius 2 is 1.49 bits per heavy atom. The maximum absolute atomic E-state index is 12.5. The second kappa shape index (κ2) is 13.1. The molecule has 0 unspecified atom stereocenters. The number of amides is 2. The van der Waals surface area contributed by atoms with Gasteiger partial charge in [-0.05, 0) is 66.2 Å². The van der Waals surface area contributed by atoms with Crippen molar-refractivity contribution in [1.29, 1.82) is 0 Å². The lowest BCUT2D eigenvalue weighted by molar-refractivity contribution is -0.120. The van der Waals surface area contributed by atoms with E-state index in [0.29, 0.717) is 34.1 Å². The minimum Gasteiger partial charge on any atom is -0.493 e. The van der Waals surface area contributed by atoms with Crippen molar-refractivity contribution in [2.45, 2.75) is 0 Å². The van der Waals surface area contributed by atoms with Gasteiger partial charge in [0.1, 0.15) is 5.75 Å². The first kappa shape index (κ1) is 27.2. The zero-order valence-electron chi connectivity index (χ0n) is 20.2. The van der Waals surface area contributed by atoms with Crippen LogP contribution in [0.25, 0.3) is 0 Å². The molecule has 0 aromatic heterocycles. The summed E-state index contributed by atoms with van der Waals surface area (Å²) in [6.07, 6.45) is 1.42. The number of hydrazone groups is 1. The molecule has 0 heterocycles. The third-order valence-corrected chi connectivity index (χ3v) is 5.44. The summed E-state index contributed by atoms with van der Waals surface area (Å²) in [5.41, 5.74) is 3.64. The average Bonchev–Trinajstić information content (AvgIpc) is 2.92. The number of ether oxygens (including phenoxy) is 4. The van der Waals surface area contributed by atoms with Crippen molar-refractivity contribution in [3.63, 3.8) is 0 Å². The van der Waals surface area contributed by atoms with Gasteiger partial charge in [-0.2, -0.15) is 5.10 Å². The van der Waals surface area contributed by atoms with Crippen LogP contribution in [0.15, 0.2) is 70.2 Å². The molecule has 3 aromatic rings. The predicted octanol–water partition coefficient (Wildman–Crippen LogP) is 3.57. The van der Waals surface area contributed by atoms with E-state index < -0.39 is 17.8 Å². The fourth-order valence-corrected chi connectivity index (χ4v) is 3.33. The van der Waals surface area contributed by atoms with Gasteiger partial charge in [-0.15, -0.1) is 0 Å². The minimum atomic E-state index is -0.530. The average molecular weight is 570 g/mol. The first-order chi connectivity index (χ1) is 17.8. The lowest BCUT2D eigenvalue weighted by atomic mass is 10.1. The van der Waals surface area contributed by atoms with Crippen LogP contribution in [-0.4, -0.2) is 51.9 Å². The molecule has 0 aliphatic carbocycles. The lowest BCUT2D eigenvalue weighted by Gasteiger charge is -2.14. The highest BCUT2D eigenvalue weighted by Crippen LogP contribution is 2.38. The van der Waals surface area contributed by atoms with Crippen LogP contribution in [0, 0.1) is 0 Å². The van der Waals surface area contributed by atoms with E-state index in [1.54, 1.807) is 48.5 Å². The van der Waals surface area contributed by atoms with Crippen LogP contribution in [0.4, 0.5) is 0 Å². The van der Waals surface area contributed by atoms with E-state index in [-0.39, 0.29) is 12.1 Å². The van der Waals surface area contributed by atoms with Crippen molar-refractivity contribution in [3.8, 4) is 23.0 Å². The van der Waals surface area contributed by atoms with Gasteiger partial charge in [-0.25, -0.2) is 10.2 Å². The normalized spacial score (nSPS) is 10.5. The first-order valence-corrected chi connectivity index (χ1v) is 11.6. The van der Waals surface area contributed by atoms with Gasteiger partial charge in [-0.1, -0.05) is 15.9 Å². The molecule has 11 heteroatoms. The number of nitrogens with one attached hydrogen (secondary N) is 2. The molecular formula is C26H24BrN3O7. The van der Waals surface area contributed by atoms with Crippen LogP contribution in [-0.2, 0) is 4.79 Å². The summed E-state index contributed by atoms with van der Waals surface area (Å²) in [4.78, 5) is 36.7. The van der Waals surface area contributed by atoms with E-state index >= 15 is 0 Å². The summed E-state index contributed by atoms with van der Waals surface area (Å²) in [5, 5.41) is 6.37. The molecule has 0 bridgehead atoms. The third kappa shape index (κ3) is 7.55. The van der Waals surface area contributed by atoms with Crippen LogP contribution in [0.5, 0.6) is 23.0 Å². The highest BCUT2D eigenvalue weighted by molar-refractivity contribution is 9.10. The Morgan fingerprint density at radius 3 is 2.05 bits per heavy atom. The second-order valence-electron chi connectivity index (χ2n) is 7.36. The number of hydrogen-bond donors (Lipinski definition) is 2. The van der Waals surface area contributed by atoms with Crippen LogP contribution in [0.2, 0.25) is 0 Å². The SMILES string of the molecule is COc1cc(C(=O)NCC(=O)NN=Cc2ccc(OC(=O)c3ccc(Br)cc3)cc2)cc(OC)c1OC. The fraction of sp³-hybridized carbons (Fsp3) is 0.154.